The Morgan fingerprint density at radius 1 is 1.35 bits per heavy atom. The smallest absolute Gasteiger partial charge is 0.238 e. The van der Waals surface area contributed by atoms with Gasteiger partial charge in [-0.3, -0.25) is 4.79 Å². The molecular formula is C12H24N4O. The van der Waals surface area contributed by atoms with E-state index in [1.165, 1.54) is 12.8 Å². The zero-order valence-corrected chi connectivity index (χ0v) is 10.7. The Morgan fingerprint density at radius 3 is 2.76 bits per heavy atom. The van der Waals surface area contributed by atoms with Gasteiger partial charge in [-0.05, 0) is 38.9 Å². The van der Waals surface area contributed by atoms with Crippen molar-refractivity contribution < 1.29 is 4.79 Å². The van der Waals surface area contributed by atoms with E-state index in [-0.39, 0.29) is 11.9 Å². The molecule has 98 valence electrons. The maximum absolute atomic E-state index is 11.9. The summed E-state index contributed by atoms with van der Waals surface area (Å²) in [5, 5.41) is 9.54. The summed E-state index contributed by atoms with van der Waals surface area (Å²) in [6.45, 7) is 5.74. The molecule has 1 atom stereocenters. The van der Waals surface area contributed by atoms with E-state index in [0.717, 1.165) is 39.3 Å². The Kier molecular flexibility index (Phi) is 4.76. The van der Waals surface area contributed by atoms with Crippen LogP contribution in [0.5, 0.6) is 0 Å². The molecule has 0 saturated carbocycles. The van der Waals surface area contributed by atoms with Crippen molar-refractivity contribution in [2.24, 2.45) is 5.92 Å². The van der Waals surface area contributed by atoms with Crippen molar-refractivity contribution >= 4 is 5.91 Å². The first-order valence-electron chi connectivity index (χ1n) is 6.66. The van der Waals surface area contributed by atoms with Gasteiger partial charge < -0.3 is 20.9 Å². The normalized spacial score (nSPS) is 27.9. The number of rotatable bonds is 3. The molecule has 2 fully saturated rings. The molecule has 2 heterocycles. The number of carbonyl (C=O) groups excluding carboxylic acids is 1. The number of piperazine rings is 1. The van der Waals surface area contributed by atoms with Gasteiger partial charge in [-0.1, -0.05) is 0 Å². The lowest BCUT2D eigenvalue weighted by molar-refractivity contribution is -0.123. The predicted octanol–water partition coefficient (Wildman–Crippen LogP) is -0.994. The molecule has 0 bridgehead atoms. The van der Waals surface area contributed by atoms with Gasteiger partial charge in [0.15, 0.2) is 0 Å². The molecule has 2 aliphatic rings. The third-order valence-electron chi connectivity index (χ3n) is 3.76. The van der Waals surface area contributed by atoms with E-state index in [0.29, 0.717) is 5.92 Å². The zero-order chi connectivity index (χ0) is 12.1. The number of nitrogens with one attached hydrogen (secondary N) is 3. The van der Waals surface area contributed by atoms with Crippen molar-refractivity contribution in [1.29, 1.82) is 0 Å². The van der Waals surface area contributed by atoms with Crippen molar-refractivity contribution in [2.75, 3.05) is 46.3 Å². The maximum Gasteiger partial charge on any atom is 0.238 e. The highest BCUT2D eigenvalue weighted by atomic mass is 16.2. The van der Waals surface area contributed by atoms with Crippen LogP contribution in [0.2, 0.25) is 0 Å². The van der Waals surface area contributed by atoms with Crippen LogP contribution < -0.4 is 16.0 Å². The number of carbonyl (C=O) groups is 1. The first-order chi connectivity index (χ1) is 8.25. The van der Waals surface area contributed by atoms with E-state index in [9.17, 15) is 4.79 Å². The molecule has 2 rings (SSSR count). The molecule has 0 spiro atoms. The van der Waals surface area contributed by atoms with Gasteiger partial charge in [0.05, 0.1) is 6.04 Å². The number of amides is 1. The molecule has 5 nitrogen and oxygen atoms in total. The monoisotopic (exact) mass is 240 g/mol. The lowest BCUT2D eigenvalue weighted by Gasteiger charge is -2.30. The highest BCUT2D eigenvalue weighted by Crippen LogP contribution is 2.14. The Labute approximate surface area is 103 Å². The largest absolute Gasteiger partial charge is 0.354 e. The van der Waals surface area contributed by atoms with Crippen LogP contribution in [0.3, 0.4) is 0 Å². The minimum atomic E-state index is -0.0463. The highest BCUT2D eigenvalue weighted by Gasteiger charge is 2.22. The fourth-order valence-electron chi connectivity index (χ4n) is 2.47. The van der Waals surface area contributed by atoms with Crippen molar-refractivity contribution in [3.63, 3.8) is 0 Å². The molecule has 2 saturated heterocycles. The Hall–Kier alpha value is -0.650. The average molecular weight is 240 g/mol. The van der Waals surface area contributed by atoms with E-state index in [1.807, 2.05) is 0 Å². The second-order valence-corrected chi connectivity index (χ2v) is 5.20. The molecule has 17 heavy (non-hydrogen) atoms. The van der Waals surface area contributed by atoms with Crippen LogP contribution in [0, 0.1) is 5.92 Å². The first kappa shape index (κ1) is 12.8. The summed E-state index contributed by atoms with van der Waals surface area (Å²) in [6, 6.07) is -0.0463. The molecule has 1 unspecified atom stereocenters. The van der Waals surface area contributed by atoms with Crippen LogP contribution >= 0.6 is 0 Å². The van der Waals surface area contributed by atoms with Crippen LogP contribution in [0.15, 0.2) is 0 Å². The van der Waals surface area contributed by atoms with Gasteiger partial charge in [0.1, 0.15) is 0 Å². The fraction of sp³-hybridized carbons (Fsp3) is 0.917. The maximum atomic E-state index is 11.9. The van der Waals surface area contributed by atoms with Gasteiger partial charge in [-0.15, -0.1) is 0 Å². The van der Waals surface area contributed by atoms with Crippen molar-refractivity contribution in [3.05, 3.63) is 0 Å². The quantitative estimate of drug-likeness (QED) is 0.593. The minimum absolute atomic E-state index is 0.0463. The Morgan fingerprint density at radius 2 is 2.12 bits per heavy atom. The molecule has 3 N–H and O–H groups in total. The third-order valence-corrected chi connectivity index (χ3v) is 3.76. The molecule has 2 aliphatic heterocycles. The van der Waals surface area contributed by atoms with E-state index in [1.54, 1.807) is 0 Å². The van der Waals surface area contributed by atoms with E-state index in [4.69, 9.17) is 0 Å². The summed E-state index contributed by atoms with van der Waals surface area (Å²) < 4.78 is 0. The Bertz CT molecular complexity index is 245. The lowest BCUT2D eigenvalue weighted by atomic mass is 9.97. The lowest BCUT2D eigenvalue weighted by Crippen LogP contribution is -2.56. The number of hydrogen-bond donors (Lipinski definition) is 3. The Balaban J connectivity index is 1.65. The van der Waals surface area contributed by atoms with Crippen LogP contribution in [-0.4, -0.2) is 63.2 Å². The van der Waals surface area contributed by atoms with Crippen LogP contribution in [0.25, 0.3) is 0 Å². The average Bonchev–Trinajstić information content (AvgIpc) is 2.39. The SMILES string of the molecule is CN1CCC(CNC(=O)C2CNCCN2)CC1. The van der Waals surface area contributed by atoms with Crippen molar-refractivity contribution in [1.82, 2.24) is 20.9 Å². The molecule has 1 amide bonds. The van der Waals surface area contributed by atoms with Gasteiger partial charge >= 0.3 is 0 Å². The summed E-state index contributed by atoms with van der Waals surface area (Å²) in [4.78, 5) is 14.2. The second kappa shape index (κ2) is 6.33. The molecule has 0 radical (unpaired) electrons. The van der Waals surface area contributed by atoms with Crippen molar-refractivity contribution in [2.45, 2.75) is 18.9 Å². The highest BCUT2D eigenvalue weighted by molar-refractivity contribution is 5.82. The van der Waals surface area contributed by atoms with E-state index >= 15 is 0 Å². The molecule has 5 heteroatoms. The number of nitrogens with zero attached hydrogens (tertiary/aromatic N) is 1. The van der Waals surface area contributed by atoms with Gasteiger partial charge in [-0.25, -0.2) is 0 Å². The van der Waals surface area contributed by atoms with E-state index in [2.05, 4.69) is 27.9 Å². The molecule has 0 aromatic heterocycles. The summed E-state index contributed by atoms with van der Waals surface area (Å²) in [6.07, 6.45) is 2.40. The van der Waals surface area contributed by atoms with Crippen molar-refractivity contribution in [3.8, 4) is 0 Å². The third kappa shape index (κ3) is 3.94. The number of likely N-dealkylation sites (tertiary alicyclic amines) is 1. The fourth-order valence-corrected chi connectivity index (χ4v) is 2.47. The summed E-state index contributed by atoms with van der Waals surface area (Å²) in [5.74, 6) is 0.808. The number of piperidine rings is 1. The molecular weight excluding hydrogens is 216 g/mol. The van der Waals surface area contributed by atoms with Gasteiger partial charge in [-0.2, -0.15) is 0 Å². The topological polar surface area (TPSA) is 56.4 Å². The molecule has 0 aliphatic carbocycles. The van der Waals surface area contributed by atoms with Gasteiger partial charge in [0.25, 0.3) is 0 Å². The van der Waals surface area contributed by atoms with Crippen LogP contribution in [0.4, 0.5) is 0 Å². The van der Waals surface area contributed by atoms with Crippen LogP contribution in [-0.2, 0) is 4.79 Å². The standard InChI is InChI=1S/C12H24N4O/c1-16-6-2-10(3-7-16)8-15-12(17)11-9-13-4-5-14-11/h10-11,13-14H,2-9H2,1H3,(H,15,17). The van der Waals surface area contributed by atoms with Gasteiger partial charge in [0, 0.05) is 26.2 Å². The minimum Gasteiger partial charge on any atom is -0.354 e. The summed E-state index contributed by atoms with van der Waals surface area (Å²) in [7, 11) is 2.16. The van der Waals surface area contributed by atoms with Crippen LogP contribution in [0.1, 0.15) is 12.8 Å². The molecule has 0 aromatic rings. The number of hydrogen-bond acceptors (Lipinski definition) is 4. The zero-order valence-electron chi connectivity index (χ0n) is 10.7. The predicted molar refractivity (Wildman–Crippen MR) is 67.9 cm³/mol. The van der Waals surface area contributed by atoms with E-state index < -0.39 is 0 Å². The first-order valence-corrected chi connectivity index (χ1v) is 6.66. The summed E-state index contributed by atoms with van der Waals surface area (Å²) >= 11 is 0. The van der Waals surface area contributed by atoms with Gasteiger partial charge in [0.2, 0.25) is 5.91 Å². The molecule has 0 aromatic carbocycles. The second-order valence-electron chi connectivity index (χ2n) is 5.20. The summed E-state index contributed by atoms with van der Waals surface area (Å²) in [5.41, 5.74) is 0.